The van der Waals surface area contributed by atoms with E-state index in [9.17, 15) is 18.8 Å². The molecule has 0 radical (unpaired) electrons. The summed E-state index contributed by atoms with van der Waals surface area (Å²) in [7, 11) is 0. The van der Waals surface area contributed by atoms with Crippen molar-refractivity contribution < 1.29 is 23.5 Å². The number of halogens is 1. The van der Waals surface area contributed by atoms with E-state index in [2.05, 4.69) is 5.32 Å². The summed E-state index contributed by atoms with van der Waals surface area (Å²) >= 11 is 0. The number of piperazine rings is 1. The molecular formula is C17H21FN2O4. The number of amides is 2. The van der Waals surface area contributed by atoms with Crippen LogP contribution in [0.3, 0.4) is 0 Å². The highest BCUT2D eigenvalue weighted by Gasteiger charge is 2.36. The van der Waals surface area contributed by atoms with E-state index >= 15 is 0 Å². The van der Waals surface area contributed by atoms with Crippen LogP contribution in [0.25, 0.3) is 0 Å². The van der Waals surface area contributed by atoms with Crippen molar-refractivity contribution in [1.29, 1.82) is 0 Å². The summed E-state index contributed by atoms with van der Waals surface area (Å²) in [5, 5.41) is 2.62. The largest absolute Gasteiger partial charge is 0.463 e. The van der Waals surface area contributed by atoms with Crippen LogP contribution >= 0.6 is 0 Å². The maximum atomic E-state index is 13.9. The van der Waals surface area contributed by atoms with Crippen molar-refractivity contribution in [2.24, 2.45) is 0 Å². The van der Waals surface area contributed by atoms with E-state index in [-0.39, 0.29) is 31.2 Å². The molecule has 1 aromatic carbocycles. The molecule has 2 atom stereocenters. The van der Waals surface area contributed by atoms with Gasteiger partial charge in [0, 0.05) is 13.1 Å². The van der Waals surface area contributed by atoms with Crippen molar-refractivity contribution in [3.63, 3.8) is 0 Å². The molecule has 130 valence electrons. The van der Waals surface area contributed by atoms with E-state index in [0.29, 0.717) is 6.42 Å². The maximum Gasteiger partial charge on any atom is 0.308 e. The number of esters is 1. The number of carbonyl (C=O) groups is 3. The summed E-state index contributed by atoms with van der Waals surface area (Å²) in [5.41, 5.74) is -0.118. The molecule has 0 saturated carbocycles. The molecule has 0 spiro atoms. The standard InChI is InChI=1S/C17H21FN2O4/c1-3-11(2)24-15(21)10-14-16(22)19-8-9-20(14)17(23)12-6-4-5-7-13(12)18/h4-7,11,14H,3,8-10H2,1-2H3,(H,19,22). The molecule has 1 aliphatic heterocycles. The molecule has 0 bridgehead atoms. The first-order valence-electron chi connectivity index (χ1n) is 7.96. The molecule has 2 unspecified atom stereocenters. The third kappa shape index (κ3) is 4.10. The van der Waals surface area contributed by atoms with Gasteiger partial charge >= 0.3 is 5.97 Å². The SMILES string of the molecule is CCC(C)OC(=O)CC1C(=O)NCCN1C(=O)c1ccccc1F. The van der Waals surface area contributed by atoms with E-state index in [0.717, 1.165) is 0 Å². The lowest BCUT2D eigenvalue weighted by atomic mass is 10.1. The van der Waals surface area contributed by atoms with Gasteiger partial charge in [0.2, 0.25) is 5.91 Å². The number of carbonyl (C=O) groups excluding carboxylic acids is 3. The number of nitrogens with one attached hydrogen (secondary N) is 1. The van der Waals surface area contributed by atoms with Crippen LogP contribution in [0.5, 0.6) is 0 Å². The Morgan fingerprint density at radius 1 is 1.42 bits per heavy atom. The molecule has 1 fully saturated rings. The normalized spacial score (nSPS) is 18.7. The molecule has 0 aliphatic carbocycles. The van der Waals surface area contributed by atoms with Crippen LogP contribution in [0.2, 0.25) is 0 Å². The van der Waals surface area contributed by atoms with Crippen molar-refractivity contribution in [1.82, 2.24) is 10.2 Å². The van der Waals surface area contributed by atoms with Gasteiger partial charge in [-0.15, -0.1) is 0 Å². The van der Waals surface area contributed by atoms with Crippen LogP contribution in [-0.2, 0) is 14.3 Å². The summed E-state index contributed by atoms with van der Waals surface area (Å²) in [6.07, 6.45) is 0.136. The van der Waals surface area contributed by atoms with Gasteiger partial charge in [-0.3, -0.25) is 14.4 Å². The Balaban J connectivity index is 2.17. The Kier molecular flexibility index (Phi) is 5.89. The van der Waals surface area contributed by atoms with Gasteiger partial charge in [-0.1, -0.05) is 19.1 Å². The van der Waals surface area contributed by atoms with Gasteiger partial charge in [-0.05, 0) is 25.5 Å². The zero-order chi connectivity index (χ0) is 17.7. The molecule has 1 saturated heterocycles. The van der Waals surface area contributed by atoms with E-state index in [1.807, 2.05) is 6.92 Å². The second kappa shape index (κ2) is 7.90. The number of hydrogen-bond donors (Lipinski definition) is 1. The lowest BCUT2D eigenvalue weighted by Gasteiger charge is -2.34. The first kappa shape index (κ1) is 17.9. The molecule has 2 amide bonds. The summed E-state index contributed by atoms with van der Waals surface area (Å²) < 4.78 is 19.0. The second-order valence-corrected chi connectivity index (χ2v) is 5.70. The van der Waals surface area contributed by atoms with E-state index in [4.69, 9.17) is 4.74 Å². The average Bonchev–Trinajstić information content (AvgIpc) is 2.56. The molecule has 7 heteroatoms. The van der Waals surface area contributed by atoms with Crippen LogP contribution in [-0.4, -0.2) is 47.9 Å². The zero-order valence-electron chi connectivity index (χ0n) is 13.8. The molecule has 1 N–H and O–H groups in total. The number of nitrogens with zero attached hydrogens (tertiary/aromatic N) is 1. The molecule has 2 rings (SSSR count). The minimum atomic E-state index is -0.998. The predicted molar refractivity (Wildman–Crippen MR) is 84.7 cm³/mol. The Hall–Kier alpha value is -2.44. The van der Waals surface area contributed by atoms with Crippen LogP contribution < -0.4 is 5.32 Å². The molecule has 1 aliphatic rings. The van der Waals surface area contributed by atoms with Gasteiger partial charge in [0.05, 0.1) is 18.1 Å². The van der Waals surface area contributed by atoms with E-state index < -0.39 is 29.6 Å². The topological polar surface area (TPSA) is 75.7 Å². The molecule has 1 heterocycles. The van der Waals surface area contributed by atoms with Crippen molar-refractivity contribution in [2.75, 3.05) is 13.1 Å². The van der Waals surface area contributed by atoms with Crippen LogP contribution in [0.1, 0.15) is 37.0 Å². The van der Waals surface area contributed by atoms with Gasteiger partial charge in [-0.2, -0.15) is 0 Å². The van der Waals surface area contributed by atoms with Gasteiger partial charge in [0.1, 0.15) is 11.9 Å². The summed E-state index contributed by atoms with van der Waals surface area (Å²) in [5.74, 6) is -2.26. The highest BCUT2D eigenvalue weighted by atomic mass is 19.1. The van der Waals surface area contributed by atoms with Crippen LogP contribution in [0.4, 0.5) is 4.39 Å². The fourth-order valence-electron chi connectivity index (χ4n) is 2.46. The Bertz CT molecular complexity index is 635. The summed E-state index contributed by atoms with van der Waals surface area (Å²) in [4.78, 5) is 37.9. The first-order valence-corrected chi connectivity index (χ1v) is 7.96. The maximum absolute atomic E-state index is 13.9. The fraction of sp³-hybridized carbons (Fsp3) is 0.471. The third-order valence-electron chi connectivity index (χ3n) is 3.96. The van der Waals surface area contributed by atoms with E-state index in [1.165, 1.54) is 23.1 Å². The third-order valence-corrected chi connectivity index (χ3v) is 3.96. The van der Waals surface area contributed by atoms with Crippen molar-refractivity contribution in [2.45, 2.75) is 38.8 Å². The highest BCUT2D eigenvalue weighted by Crippen LogP contribution is 2.17. The predicted octanol–water partition coefficient (Wildman–Crippen LogP) is 1.50. The Labute approximate surface area is 140 Å². The number of hydrogen-bond acceptors (Lipinski definition) is 4. The smallest absolute Gasteiger partial charge is 0.308 e. The lowest BCUT2D eigenvalue weighted by Crippen LogP contribution is -2.58. The fourth-order valence-corrected chi connectivity index (χ4v) is 2.46. The van der Waals surface area contributed by atoms with Gasteiger partial charge < -0.3 is 15.0 Å². The number of ether oxygens (including phenoxy) is 1. The highest BCUT2D eigenvalue weighted by molar-refractivity contribution is 5.99. The number of benzene rings is 1. The van der Waals surface area contributed by atoms with Gasteiger partial charge in [0.15, 0.2) is 0 Å². The lowest BCUT2D eigenvalue weighted by molar-refractivity contribution is -0.151. The van der Waals surface area contributed by atoms with Crippen LogP contribution in [0, 0.1) is 5.82 Å². The van der Waals surface area contributed by atoms with Gasteiger partial charge in [0.25, 0.3) is 5.91 Å². The van der Waals surface area contributed by atoms with Crippen molar-refractivity contribution >= 4 is 17.8 Å². The quantitative estimate of drug-likeness (QED) is 0.827. The van der Waals surface area contributed by atoms with E-state index in [1.54, 1.807) is 13.0 Å². The van der Waals surface area contributed by atoms with Crippen molar-refractivity contribution in [3.05, 3.63) is 35.6 Å². The second-order valence-electron chi connectivity index (χ2n) is 5.70. The minimum absolute atomic E-state index is 0.118. The average molecular weight is 336 g/mol. The van der Waals surface area contributed by atoms with Crippen molar-refractivity contribution in [3.8, 4) is 0 Å². The summed E-state index contributed by atoms with van der Waals surface area (Å²) in [6, 6.07) is 4.58. The minimum Gasteiger partial charge on any atom is -0.463 e. The molecular weight excluding hydrogens is 315 g/mol. The molecule has 24 heavy (non-hydrogen) atoms. The van der Waals surface area contributed by atoms with Gasteiger partial charge in [-0.25, -0.2) is 4.39 Å². The molecule has 1 aromatic rings. The monoisotopic (exact) mass is 336 g/mol. The first-order chi connectivity index (χ1) is 11.4. The zero-order valence-corrected chi connectivity index (χ0v) is 13.8. The Morgan fingerprint density at radius 3 is 2.79 bits per heavy atom. The number of rotatable bonds is 5. The molecule has 6 nitrogen and oxygen atoms in total. The van der Waals surface area contributed by atoms with Crippen LogP contribution in [0.15, 0.2) is 24.3 Å². The Morgan fingerprint density at radius 2 is 2.12 bits per heavy atom. The summed E-state index contributed by atoms with van der Waals surface area (Å²) in [6.45, 7) is 4.09. The molecule has 0 aromatic heterocycles.